The average Bonchev–Trinajstić information content (AvgIpc) is 2.86. The molecule has 0 aliphatic carbocycles. The van der Waals surface area contributed by atoms with E-state index in [0.717, 1.165) is 30.6 Å². The fraction of sp³-hybridized carbons (Fsp3) is 0.429. The lowest BCUT2D eigenvalue weighted by molar-refractivity contribution is -0.132. The van der Waals surface area contributed by atoms with Gasteiger partial charge in [-0.25, -0.2) is 4.98 Å². The molecule has 194 valence electrons. The third-order valence-electron chi connectivity index (χ3n) is 7.68. The van der Waals surface area contributed by atoms with Crippen LogP contribution in [0.1, 0.15) is 20.3 Å². The maximum Gasteiger partial charge on any atom is 0.252 e. The minimum Gasteiger partial charge on any atom is -0.366 e. The molecule has 2 aliphatic heterocycles. The van der Waals surface area contributed by atoms with Crippen LogP contribution in [0.5, 0.6) is 0 Å². The molecule has 0 spiro atoms. The number of aryl methyl sites for hydroxylation is 1. The summed E-state index contributed by atoms with van der Waals surface area (Å²) in [6, 6.07) is 12.6. The Morgan fingerprint density at radius 2 is 1.84 bits per heavy atom. The van der Waals surface area contributed by atoms with E-state index in [0.29, 0.717) is 49.2 Å². The number of nitrogens with one attached hydrogen (secondary N) is 1. The third kappa shape index (κ3) is 5.22. The Kier molecular flexibility index (Phi) is 6.97. The summed E-state index contributed by atoms with van der Waals surface area (Å²) in [4.78, 5) is 40.2. The smallest absolute Gasteiger partial charge is 0.252 e. The van der Waals surface area contributed by atoms with Gasteiger partial charge in [-0.1, -0.05) is 6.58 Å². The number of benzene rings is 1. The van der Waals surface area contributed by atoms with Crippen molar-refractivity contribution < 1.29 is 4.79 Å². The number of carbonyl (C=O) groups excluding carboxylic acids is 1. The molecule has 1 amide bonds. The number of anilines is 3. The monoisotopic (exact) mass is 501 g/mol. The Morgan fingerprint density at radius 1 is 1.08 bits per heavy atom. The molecule has 37 heavy (non-hydrogen) atoms. The van der Waals surface area contributed by atoms with Gasteiger partial charge >= 0.3 is 0 Å². The van der Waals surface area contributed by atoms with E-state index in [1.165, 1.54) is 11.8 Å². The van der Waals surface area contributed by atoms with Gasteiger partial charge in [0.1, 0.15) is 5.65 Å². The first-order valence-corrected chi connectivity index (χ1v) is 12.9. The second-order valence-electron chi connectivity index (χ2n) is 10.4. The summed E-state index contributed by atoms with van der Waals surface area (Å²) in [5.41, 5.74) is 2.62. The predicted molar refractivity (Wildman–Crippen MR) is 147 cm³/mol. The van der Waals surface area contributed by atoms with Crippen LogP contribution < -0.4 is 15.8 Å². The Hall–Kier alpha value is -3.72. The van der Waals surface area contributed by atoms with E-state index in [9.17, 15) is 9.59 Å². The first-order valence-electron chi connectivity index (χ1n) is 12.9. The van der Waals surface area contributed by atoms with Crippen molar-refractivity contribution >= 4 is 34.3 Å². The molecule has 2 aromatic heterocycles. The van der Waals surface area contributed by atoms with Crippen molar-refractivity contribution in [3.63, 3.8) is 0 Å². The van der Waals surface area contributed by atoms with E-state index >= 15 is 0 Å². The molecule has 4 heterocycles. The van der Waals surface area contributed by atoms with E-state index in [1.54, 1.807) is 27.8 Å². The number of hydrogen-bond acceptors (Lipinski definition) is 7. The number of pyridine rings is 1. The van der Waals surface area contributed by atoms with Crippen molar-refractivity contribution in [2.24, 2.45) is 5.92 Å². The number of amides is 1. The summed E-state index contributed by atoms with van der Waals surface area (Å²) >= 11 is 0. The highest BCUT2D eigenvalue weighted by atomic mass is 16.2. The Labute approximate surface area is 217 Å². The zero-order valence-electron chi connectivity index (χ0n) is 21.8. The molecular weight excluding hydrogens is 466 g/mol. The van der Waals surface area contributed by atoms with Gasteiger partial charge in [0, 0.05) is 73.8 Å². The summed E-state index contributed by atoms with van der Waals surface area (Å²) in [6.07, 6.45) is 3.89. The summed E-state index contributed by atoms with van der Waals surface area (Å²) < 4.78 is 1.71. The normalized spacial score (nSPS) is 20.6. The topological polar surface area (TPSA) is 86.6 Å². The maximum atomic E-state index is 12.7. The molecule has 3 aromatic rings. The molecule has 9 nitrogen and oxygen atoms in total. The number of carbonyl (C=O) groups is 1. The van der Waals surface area contributed by atoms with E-state index < -0.39 is 0 Å². The number of nitrogens with zero attached hydrogens (tertiary/aromatic N) is 6. The minimum absolute atomic E-state index is 0.0392. The highest BCUT2D eigenvalue weighted by Crippen LogP contribution is 2.26. The lowest BCUT2D eigenvalue weighted by atomic mass is 9.96. The number of fused-ring (bicyclic) bond motifs is 1. The van der Waals surface area contributed by atoms with Crippen molar-refractivity contribution in [3.05, 3.63) is 65.6 Å². The number of likely N-dealkylation sites (tertiary alicyclic amines) is 1. The Bertz CT molecular complexity index is 1350. The van der Waals surface area contributed by atoms with Crippen LogP contribution in [0.2, 0.25) is 0 Å². The molecule has 2 saturated heterocycles. The SMILES string of the molecule is C=CC(=O)N1CC(CCn2c(=O)ccc3cnc(Nc4ccc(N5CC(C)N(C)CC5C)cc4)nc32)C1. The van der Waals surface area contributed by atoms with Gasteiger partial charge in [-0.3, -0.25) is 19.1 Å². The van der Waals surface area contributed by atoms with Gasteiger partial charge < -0.3 is 15.1 Å². The first kappa shape index (κ1) is 25.0. The molecule has 2 aliphatic rings. The Balaban J connectivity index is 1.29. The summed E-state index contributed by atoms with van der Waals surface area (Å²) in [5.74, 6) is 0.783. The third-order valence-corrected chi connectivity index (χ3v) is 7.68. The zero-order valence-corrected chi connectivity index (χ0v) is 21.8. The van der Waals surface area contributed by atoms with Crippen molar-refractivity contribution in [3.8, 4) is 0 Å². The van der Waals surface area contributed by atoms with Crippen LogP contribution in [0.4, 0.5) is 17.3 Å². The average molecular weight is 502 g/mol. The van der Waals surface area contributed by atoms with Crippen molar-refractivity contribution in [2.45, 2.75) is 38.9 Å². The minimum atomic E-state index is -0.0876. The molecule has 2 atom stereocenters. The number of piperazine rings is 1. The van der Waals surface area contributed by atoms with Crippen LogP contribution in [-0.2, 0) is 11.3 Å². The molecule has 1 N–H and O–H groups in total. The van der Waals surface area contributed by atoms with E-state index in [-0.39, 0.29) is 11.5 Å². The standard InChI is InChI=1S/C28H35N7O2/c1-5-25(36)33-17-21(18-33)12-13-34-26(37)11-6-22-14-29-28(31-27(22)34)30-23-7-9-24(10-8-23)35-16-19(2)32(4)15-20(35)3/h5-11,14,19-21H,1,12-13,15-18H2,2-4H3,(H,29,30,31). The van der Waals surface area contributed by atoms with Crippen LogP contribution in [0.3, 0.4) is 0 Å². The molecule has 2 unspecified atom stereocenters. The highest BCUT2D eigenvalue weighted by molar-refractivity contribution is 5.87. The quantitative estimate of drug-likeness (QED) is 0.498. The number of rotatable bonds is 7. The fourth-order valence-electron chi connectivity index (χ4n) is 5.25. The van der Waals surface area contributed by atoms with Crippen LogP contribution in [0, 0.1) is 5.92 Å². The van der Waals surface area contributed by atoms with Gasteiger partial charge in [0.2, 0.25) is 11.9 Å². The first-order chi connectivity index (χ1) is 17.8. The van der Waals surface area contributed by atoms with E-state index in [2.05, 4.69) is 59.7 Å². The fourth-order valence-corrected chi connectivity index (χ4v) is 5.25. The molecule has 0 radical (unpaired) electrons. The van der Waals surface area contributed by atoms with Gasteiger partial charge in [0.05, 0.1) is 0 Å². The predicted octanol–water partition coefficient (Wildman–Crippen LogP) is 3.10. The number of likely N-dealkylation sites (N-methyl/N-ethyl adjacent to an activating group) is 1. The number of aromatic nitrogens is 3. The largest absolute Gasteiger partial charge is 0.366 e. The molecule has 9 heteroatoms. The van der Waals surface area contributed by atoms with Gasteiger partial charge in [0.15, 0.2) is 0 Å². The second kappa shape index (κ2) is 10.3. The van der Waals surface area contributed by atoms with Gasteiger partial charge in [-0.15, -0.1) is 0 Å². The van der Waals surface area contributed by atoms with Gasteiger partial charge in [-0.05, 0) is 69.6 Å². The molecule has 0 saturated carbocycles. The van der Waals surface area contributed by atoms with Crippen LogP contribution in [0.25, 0.3) is 11.0 Å². The summed E-state index contributed by atoms with van der Waals surface area (Å²) in [7, 11) is 2.18. The van der Waals surface area contributed by atoms with Crippen molar-refractivity contribution in [1.29, 1.82) is 0 Å². The summed E-state index contributed by atoms with van der Waals surface area (Å²) in [6.45, 7) is 12.1. The zero-order chi connectivity index (χ0) is 26.1. The Morgan fingerprint density at radius 3 is 2.57 bits per heavy atom. The van der Waals surface area contributed by atoms with Crippen LogP contribution in [0.15, 0.2) is 60.0 Å². The van der Waals surface area contributed by atoms with E-state index in [4.69, 9.17) is 4.98 Å². The highest BCUT2D eigenvalue weighted by Gasteiger charge is 2.29. The van der Waals surface area contributed by atoms with E-state index in [1.807, 2.05) is 12.1 Å². The van der Waals surface area contributed by atoms with Gasteiger partial charge in [0.25, 0.3) is 5.56 Å². The van der Waals surface area contributed by atoms with Crippen LogP contribution in [-0.4, -0.2) is 75.6 Å². The van der Waals surface area contributed by atoms with Crippen LogP contribution >= 0.6 is 0 Å². The molecule has 5 rings (SSSR count). The lowest BCUT2D eigenvalue weighted by Gasteiger charge is -2.43. The van der Waals surface area contributed by atoms with Gasteiger partial charge in [-0.2, -0.15) is 4.98 Å². The number of hydrogen-bond donors (Lipinski definition) is 1. The summed E-state index contributed by atoms with van der Waals surface area (Å²) in [5, 5.41) is 4.11. The van der Waals surface area contributed by atoms with Crippen molar-refractivity contribution in [2.75, 3.05) is 43.4 Å². The molecule has 0 bridgehead atoms. The second-order valence-corrected chi connectivity index (χ2v) is 10.4. The molecule has 2 fully saturated rings. The lowest BCUT2D eigenvalue weighted by Crippen LogP contribution is -2.55. The maximum absolute atomic E-state index is 12.7. The molecule has 1 aromatic carbocycles. The van der Waals surface area contributed by atoms with Crippen molar-refractivity contribution in [1.82, 2.24) is 24.3 Å². The molecular formula is C28H35N7O2.